The Morgan fingerprint density at radius 3 is 2.62 bits per heavy atom. The number of nitrogens with two attached hydrogens (primary N) is 1. The molecular formula is C21H19N3O2. The van der Waals surface area contributed by atoms with Crippen LogP contribution in [0.4, 0.5) is 0 Å². The number of carbonyl (C=O) groups is 1. The van der Waals surface area contributed by atoms with Gasteiger partial charge in [-0.15, -0.1) is 0 Å². The number of ether oxygens (including phenoxy) is 1. The number of nitrogens with zero attached hydrogens (tertiary/aromatic N) is 2. The fourth-order valence-electron chi connectivity index (χ4n) is 3.77. The second-order valence-corrected chi connectivity index (χ2v) is 6.54. The van der Waals surface area contributed by atoms with Crippen LogP contribution in [0.25, 0.3) is 0 Å². The first-order valence-electron chi connectivity index (χ1n) is 8.50. The number of carbonyl (C=O) groups excluding carboxylic acids is 1. The van der Waals surface area contributed by atoms with Crippen LogP contribution in [0.2, 0.25) is 0 Å². The molecule has 1 aliphatic carbocycles. The molecular weight excluding hydrogens is 326 g/mol. The smallest absolute Gasteiger partial charge is 0.415 e. The summed E-state index contributed by atoms with van der Waals surface area (Å²) in [6.45, 7) is 2.40. The van der Waals surface area contributed by atoms with Crippen molar-refractivity contribution in [1.82, 2.24) is 0 Å². The molecule has 1 aliphatic rings. The fourth-order valence-corrected chi connectivity index (χ4v) is 3.77. The lowest BCUT2D eigenvalue weighted by Crippen LogP contribution is -2.30. The van der Waals surface area contributed by atoms with Crippen LogP contribution in [0.5, 0.6) is 5.75 Å². The Kier molecular flexibility index (Phi) is 4.75. The van der Waals surface area contributed by atoms with Gasteiger partial charge >= 0.3 is 5.97 Å². The van der Waals surface area contributed by atoms with Gasteiger partial charge in [-0.3, -0.25) is 0 Å². The molecule has 2 aromatic carbocycles. The average molecular weight is 345 g/mol. The molecule has 2 N–H and O–H groups in total. The first-order chi connectivity index (χ1) is 12.5. The van der Waals surface area contributed by atoms with Gasteiger partial charge in [-0.2, -0.15) is 10.5 Å². The molecule has 1 atom stereocenters. The Hall–Kier alpha value is -3.15. The monoisotopic (exact) mass is 345 g/mol. The summed E-state index contributed by atoms with van der Waals surface area (Å²) >= 11 is 0. The summed E-state index contributed by atoms with van der Waals surface area (Å²) < 4.78 is 5.02. The van der Waals surface area contributed by atoms with Crippen LogP contribution in [0, 0.1) is 29.6 Å². The van der Waals surface area contributed by atoms with Crippen LogP contribution in [-0.4, -0.2) is 12.5 Å². The number of benzene rings is 2. The van der Waals surface area contributed by atoms with Gasteiger partial charge in [-0.1, -0.05) is 29.8 Å². The molecule has 0 radical (unpaired) electrons. The van der Waals surface area contributed by atoms with E-state index >= 15 is 0 Å². The van der Waals surface area contributed by atoms with E-state index in [4.69, 9.17) is 15.7 Å². The lowest BCUT2D eigenvalue weighted by atomic mass is 9.71. The van der Waals surface area contributed by atoms with Gasteiger partial charge in [0.2, 0.25) is 0 Å². The molecule has 130 valence electrons. The van der Waals surface area contributed by atoms with Crippen molar-refractivity contribution in [3.05, 3.63) is 64.2 Å². The molecule has 5 heteroatoms. The second kappa shape index (κ2) is 7.00. The largest absolute Gasteiger partial charge is 0.416 e. The van der Waals surface area contributed by atoms with E-state index in [1.807, 2.05) is 13.0 Å². The molecule has 0 fully saturated rings. The zero-order valence-electron chi connectivity index (χ0n) is 14.6. The molecule has 5 nitrogen and oxygen atoms in total. The molecule has 0 heterocycles. The topological polar surface area (TPSA) is 99.9 Å². The van der Waals surface area contributed by atoms with Crippen molar-refractivity contribution in [3.63, 3.8) is 0 Å². The predicted molar refractivity (Wildman–Crippen MR) is 96.3 cm³/mol. The minimum Gasteiger partial charge on any atom is -0.415 e. The van der Waals surface area contributed by atoms with Crippen LogP contribution < -0.4 is 10.5 Å². The Balaban J connectivity index is 2.20. The van der Waals surface area contributed by atoms with Crippen molar-refractivity contribution in [3.8, 4) is 17.9 Å². The highest BCUT2D eigenvalue weighted by Crippen LogP contribution is 2.43. The quantitative estimate of drug-likeness (QED) is 0.524. The van der Waals surface area contributed by atoms with E-state index in [1.54, 1.807) is 12.1 Å². The minimum absolute atomic E-state index is 0.317. The standard InChI is InChI=1S/C21H19N3O2/c1-14-2-3-15-4-5-16-11-17(26-20(25)12-23)6-7-18(16)21(13-24,8-9-22)19(15)10-14/h2-3,6-7,10-11H,4-5,8-9,22H2,1H3. The maximum atomic E-state index is 11.3. The highest BCUT2D eigenvalue weighted by Gasteiger charge is 2.39. The normalized spacial score (nSPS) is 17.8. The number of nitriles is 2. The molecule has 2 aromatic rings. The molecule has 0 amide bonds. The first-order valence-corrected chi connectivity index (χ1v) is 8.50. The number of fused-ring (bicyclic) bond motifs is 2. The minimum atomic E-state index is -0.953. The Morgan fingerprint density at radius 1 is 1.15 bits per heavy atom. The van der Waals surface area contributed by atoms with Gasteiger partial charge in [0.25, 0.3) is 0 Å². The van der Waals surface area contributed by atoms with Crippen molar-refractivity contribution >= 4 is 5.97 Å². The zero-order chi connectivity index (χ0) is 18.7. The lowest BCUT2D eigenvalue weighted by molar-refractivity contribution is -0.128. The molecule has 0 aromatic heterocycles. The fraction of sp³-hybridized carbons (Fsp3) is 0.286. The summed E-state index contributed by atoms with van der Waals surface area (Å²) in [4.78, 5) is 11.3. The molecule has 0 saturated carbocycles. The molecule has 0 aliphatic heterocycles. The first kappa shape index (κ1) is 17.7. The van der Waals surface area contributed by atoms with Crippen molar-refractivity contribution in [2.75, 3.05) is 6.54 Å². The number of hydrogen-bond donors (Lipinski definition) is 1. The Morgan fingerprint density at radius 2 is 1.92 bits per heavy atom. The maximum Gasteiger partial charge on any atom is 0.416 e. The molecule has 1 unspecified atom stereocenters. The molecule has 0 saturated heterocycles. The summed E-state index contributed by atoms with van der Waals surface area (Å²) in [6, 6.07) is 15.4. The van der Waals surface area contributed by atoms with Gasteiger partial charge in [0.1, 0.15) is 11.2 Å². The third kappa shape index (κ3) is 2.94. The number of rotatable bonds is 3. The van der Waals surface area contributed by atoms with Crippen molar-refractivity contribution < 1.29 is 9.53 Å². The number of aryl methyl sites for hydroxylation is 3. The Bertz CT molecular complexity index is 953. The summed E-state index contributed by atoms with van der Waals surface area (Å²) in [6.07, 6.45) is 2.01. The third-order valence-electron chi connectivity index (χ3n) is 4.94. The van der Waals surface area contributed by atoms with Crippen molar-refractivity contribution in [2.24, 2.45) is 5.73 Å². The number of hydrogen-bond acceptors (Lipinski definition) is 5. The van der Waals surface area contributed by atoms with Crippen LogP contribution >= 0.6 is 0 Å². The van der Waals surface area contributed by atoms with Crippen LogP contribution in [0.1, 0.15) is 34.2 Å². The van der Waals surface area contributed by atoms with E-state index in [1.165, 1.54) is 6.07 Å². The average Bonchev–Trinajstić information content (AvgIpc) is 2.77. The van der Waals surface area contributed by atoms with E-state index in [2.05, 4.69) is 24.3 Å². The summed E-state index contributed by atoms with van der Waals surface area (Å²) in [5.74, 6) is -0.636. The molecule has 0 spiro atoms. The van der Waals surface area contributed by atoms with Gasteiger partial charge < -0.3 is 10.5 Å². The predicted octanol–water partition coefficient (Wildman–Crippen LogP) is 2.68. The van der Waals surface area contributed by atoms with Gasteiger partial charge in [0, 0.05) is 0 Å². The number of esters is 1. The molecule has 3 rings (SSSR count). The van der Waals surface area contributed by atoms with Crippen molar-refractivity contribution in [2.45, 2.75) is 31.6 Å². The van der Waals surface area contributed by atoms with Crippen LogP contribution in [0.3, 0.4) is 0 Å². The van der Waals surface area contributed by atoms with E-state index < -0.39 is 11.4 Å². The summed E-state index contributed by atoms with van der Waals surface area (Å²) in [7, 11) is 0. The van der Waals surface area contributed by atoms with Gasteiger partial charge in [0.15, 0.2) is 6.07 Å². The van der Waals surface area contributed by atoms with Gasteiger partial charge in [-0.05, 0) is 67.1 Å². The third-order valence-corrected chi connectivity index (χ3v) is 4.94. The van der Waals surface area contributed by atoms with E-state index in [0.29, 0.717) is 18.7 Å². The summed E-state index contributed by atoms with van der Waals surface area (Å²) in [5, 5.41) is 18.8. The van der Waals surface area contributed by atoms with Gasteiger partial charge in [0.05, 0.1) is 6.07 Å². The van der Waals surface area contributed by atoms with E-state index in [-0.39, 0.29) is 0 Å². The SMILES string of the molecule is Cc1ccc2c(c1)C(C#N)(CCN)c1ccc(OC(=O)C#N)cc1CC2. The van der Waals surface area contributed by atoms with E-state index in [9.17, 15) is 10.1 Å². The lowest BCUT2D eigenvalue weighted by Gasteiger charge is -2.29. The van der Waals surface area contributed by atoms with E-state index in [0.717, 1.165) is 40.7 Å². The Labute approximate surface area is 152 Å². The maximum absolute atomic E-state index is 11.3. The second-order valence-electron chi connectivity index (χ2n) is 6.54. The van der Waals surface area contributed by atoms with Crippen LogP contribution in [-0.2, 0) is 23.1 Å². The highest BCUT2D eigenvalue weighted by molar-refractivity contribution is 5.87. The summed E-state index contributed by atoms with van der Waals surface area (Å²) in [5.41, 5.74) is 10.1. The zero-order valence-corrected chi connectivity index (χ0v) is 14.6. The molecule has 0 bridgehead atoms. The van der Waals surface area contributed by atoms with Crippen molar-refractivity contribution in [1.29, 1.82) is 10.5 Å². The highest BCUT2D eigenvalue weighted by atomic mass is 16.5. The molecule has 26 heavy (non-hydrogen) atoms. The van der Waals surface area contributed by atoms with Crippen LogP contribution in [0.15, 0.2) is 36.4 Å². The van der Waals surface area contributed by atoms with Gasteiger partial charge in [-0.25, -0.2) is 4.79 Å².